The van der Waals surface area contributed by atoms with Crippen molar-refractivity contribution in [1.29, 1.82) is 0 Å². The van der Waals surface area contributed by atoms with Gasteiger partial charge in [-0.2, -0.15) is 0 Å². The zero-order valence-corrected chi connectivity index (χ0v) is 17.0. The Bertz CT molecular complexity index is 887. The number of amides is 1. The van der Waals surface area contributed by atoms with Crippen LogP contribution >= 0.6 is 15.9 Å². The van der Waals surface area contributed by atoms with Crippen LogP contribution in [0.4, 0.5) is 0 Å². The summed E-state index contributed by atoms with van der Waals surface area (Å²) < 4.78 is 27.9. The Hall–Kier alpha value is -1.67. The van der Waals surface area contributed by atoms with Crippen molar-refractivity contribution < 1.29 is 13.2 Å². The normalized spacial score (nSPS) is 16.0. The molecule has 0 saturated carbocycles. The summed E-state index contributed by atoms with van der Waals surface area (Å²) in [5, 5.41) is -0.368. The van der Waals surface area contributed by atoms with Gasteiger partial charge >= 0.3 is 0 Å². The first-order valence-corrected chi connectivity index (χ1v) is 11.0. The van der Waals surface area contributed by atoms with Gasteiger partial charge in [0.15, 0.2) is 0 Å². The van der Waals surface area contributed by atoms with E-state index in [2.05, 4.69) is 20.9 Å². The van der Waals surface area contributed by atoms with E-state index >= 15 is 0 Å². The van der Waals surface area contributed by atoms with Crippen molar-refractivity contribution in [3.8, 4) is 0 Å². The van der Waals surface area contributed by atoms with Crippen LogP contribution in [0.2, 0.25) is 0 Å². The first-order valence-electron chi connectivity index (χ1n) is 8.62. The zero-order valence-electron chi connectivity index (χ0n) is 14.6. The number of aromatic nitrogens is 2. The van der Waals surface area contributed by atoms with E-state index in [9.17, 15) is 13.2 Å². The second kappa shape index (κ2) is 7.92. The maximum absolute atomic E-state index is 12.7. The molecule has 1 aromatic heterocycles. The minimum atomic E-state index is -3.45. The summed E-state index contributed by atoms with van der Waals surface area (Å²) in [6.45, 7) is 0.951. The number of carbonyl (C=O) groups excluding carboxylic acids is 1. The summed E-state index contributed by atoms with van der Waals surface area (Å²) in [6, 6.07) is 7.87. The third-order valence-corrected chi connectivity index (χ3v) is 7.86. The highest BCUT2D eigenvalue weighted by atomic mass is 79.9. The van der Waals surface area contributed by atoms with E-state index in [1.54, 1.807) is 18.1 Å². The Morgan fingerprint density at radius 1 is 1.27 bits per heavy atom. The lowest BCUT2D eigenvalue weighted by Gasteiger charge is -2.31. The number of likely N-dealkylation sites (tertiary alicyclic amines) is 1. The van der Waals surface area contributed by atoms with E-state index in [0.29, 0.717) is 38.8 Å². The van der Waals surface area contributed by atoms with Gasteiger partial charge < -0.3 is 9.47 Å². The summed E-state index contributed by atoms with van der Waals surface area (Å²) >= 11 is 3.50. The van der Waals surface area contributed by atoms with Crippen LogP contribution in [0, 0.1) is 0 Å². The molecular formula is C18H22BrN3O3S. The van der Waals surface area contributed by atoms with E-state index in [4.69, 9.17) is 0 Å². The molecule has 1 aliphatic heterocycles. The number of piperidine rings is 1. The van der Waals surface area contributed by atoms with Gasteiger partial charge in [0.25, 0.3) is 0 Å². The van der Waals surface area contributed by atoms with Gasteiger partial charge in [0.1, 0.15) is 0 Å². The number of benzene rings is 1. The SMILES string of the molecule is Cn1ccnc1S(=O)(=O)C1CCN(C(=O)CCc2ccccc2Br)CC1. The largest absolute Gasteiger partial charge is 0.343 e. The fourth-order valence-electron chi connectivity index (χ4n) is 3.29. The zero-order chi connectivity index (χ0) is 18.7. The summed E-state index contributed by atoms with van der Waals surface area (Å²) in [5.41, 5.74) is 1.10. The maximum atomic E-state index is 12.7. The van der Waals surface area contributed by atoms with Crippen LogP contribution in [-0.4, -0.2) is 47.1 Å². The number of nitrogens with zero attached hydrogens (tertiary/aromatic N) is 3. The van der Waals surface area contributed by atoms with Crippen LogP contribution in [-0.2, 0) is 28.1 Å². The molecule has 0 atom stereocenters. The Kier molecular flexibility index (Phi) is 5.82. The summed E-state index contributed by atoms with van der Waals surface area (Å²) in [4.78, 5) is 18.2. The quantitative estimate of drug-likeness (QED) is 0.717. The molecule has 0 radical (unpaired) electrons. The van der Waals surface area contributed by atoms with Crippen molar-refractivity contribution >= 4 is 31.7 Å². The van der Waals surface area contributed by atoms with E-state index in [1.807, 2.05) is 24.3 Å². The third-order valence-electron chi connectivity index (χ3n) is 4.83. The molecule has 0 aliphatic carbocycles. The number of carbonyl (C=O) groups is 1. The second-order valence-electron chi connectivity index (χ2n) is 6.54. The van der Waals surface area contributed by atoms with E-state index < -0.39 is 15.1 Å². The Labute approximate surface area is 162 Å². The van der Waals surface area contributed by atoms with Gasteiger partial charge in [0.05, 0.1) is 5.25 Å². The van der Waals surface area contributed by atoms with Gasteiger partial charge in [-0.1, -0.05) is 34.1 Å². The molecular weight excluding hydrogens is 418 g/mol. The lowest BCUT2D eigenvalue weighted by molar-refractivity contribution is -0.132. The fourth-order valence-corrected chi connectivity index (χ4v) is 5.57. The molecule has 140 valence electrons. The van der Waals surface area contributed by atoms with Crippen LogP contribution in [0.3, 0.4) is 0 Å². The van der Waals surface area contributed by atoms with Crippen LogP contribution in [0.15, 0.2) is 46.3 Å². The number of sulfone groups is 1. The number of hydrogen-bond acceptors (Lipinski definition) is 4. The Balaban J connectivity index is 1.56. The molecule has 6 nitrogen and oxygen atoms in total. The fraction of sp³-hybridized carbons (Fsp3) is 0.444. The maximum Gasteiger partial charge on any atom is 0.227 e. The van der Waals surface area contributed by atoms with Crippen LogP contribution in [0.5, 0.6) is 0 Å². The van der Waals surface area contributed by atoms with Crippen molar-refractivity contribution in [2.45, 2.75) is 36.1 Å². The third kappa shape index (κ3) is 4.01. The summed E-state index contributed by atoms with van der Waals surface area (Å²) in [5.74, 6) is 0.0774. The van der Waals surface area contributed by atoms with Crippen molar-refractivity contribution in [2.24, 2.45) is 7.05 Å². The average Bonchev–Trinajstić information content (AvgIpc) is 3.08. The van der Waals surface area contributed by atoms with E-state index in [0.717, 1.165) is 10.0 Å². The molecule has 2 heterocycles. The summed E-state index contributed by atoms with van der Waals surface area (Å²) in [6.07, 6.45) is 5.14. The molecule has 26 heavy (non-hydrogen) atoms. The van der Waals surface area contributed by atoms with Gasteiger partial charge in [-0.15, -0.1) is 0 Å². The van der Waals surface area contributed by atoms with Crippen molar-refractivity contribution in [3.05, 3.63) is 46.7 Å². The van der Waals surface area contributed by atoms with Gasteiger partial charge in [0.2, 0.25) is 20.9 Å². The highest BCUT2D eigenvalue weighted by Crippen LogP contribution is 2.24. The lowest BCUT2D eigenvalue weighted by Crippen LogP contribution is -2.43. The Morgan fingerprint density at radius 2 is 1.96 bits per heavy atom. The molecule has 0 N–H and O–H groups in total. The van der Waals surface area contributed by atoms with Crippen LogP contribution in [0.25, 0.3) is 0 Å². The number of halogens is 1. The molecule has 1 fully saturated rings. The molecule has 3 rings (SSSR count). The highest BCUT2D eigenvalue weighted by Gasteiger charge is 2.34. The van der Waals surface area contributed by atoms with Crippen LogP contribution < -0.4 is 0 Å². The Morgan fingerprint density at radius 3 is 2.58 bits per heavy atom. The van der Waals surface area contributed by atoms with Crippen molar-refractivity contribution in [2.75, 3.05) is 13.1 Å². The number of hydrogen-bond donors (Lipinski definition) is 0. The molecule has 1 aromatic carbocycles. The molecule has 1 amide bonds. The average molecular weight is 440 g/mol. The monoisotopic (exact) mass is 439 g/mol. The standard InChI is InChI=1S/C18H22BrN3O3S/c1-21-13-10-20-18(21)26(24,25)15-8-11-22(12-9-15)17(23)7-6-14-4-2-3-5-16(14)19/h2-5,10,13,15H,6-9,11-12H2,1H3. The molecule has 1 saturated heterocycles. The van der Waals surface area contributed by atoms with E-state index in [-0.39, 0.29) is 11.1 Å². The minimum absolute atomic E-state index is 0.0774. The number of imidazole rings is 1. The molecule has 2 aromatic rings. The predicted octanol–water partition coefficient (Wildman–Crippen LogP) is 2.58. The second-order valence-corrected chi connectivity index (χ2v) is 9.51. The van der Waals surface area contributed by atoms with Gasteiger partial charge in [-0.25, -0.2) is 13.4 Å². The molecule has 0 unspecified atom stereocenters. The molecule has 8 heteroatoms. The van der Waals surface area contributed by atoms with Gasteiger partial charge in [-0.3, -0.25) is 4.79 Å². The summed E-state index contributed by atoms with van der Waals surface area (Å²) in [7, 11) is -1.77. The van der Waals surface area contributed by atoms with Gasteiger partial charge in [0, 0.05) is 43.4 Å². The highest BCUT2D eigenvalue weighted by molar-refractivity contribution is 9.10. The number of rotatable bonds is 5. The molecule has 0 bridgehead atoms. The predicted molar refractivity (Wildman–Crippen MR) is 102 cm³/mol. The number of aryl methyl sites for hydroxylation is 2. The van der Waals surface area contributed by atoms with Crippen molar-refractivity contribution in [3.63, 3.8) is 0 Å². The lowest BCUT2D eigenvalue weighted by atomic mass is 10.1. The smallest absolute Gasteiger partial charge is 0.227 e. The van der Waals surface area contributed by atoms with Crippen LogP contribution in [0.1, 0.15) is 24.8 Å². The topological polar surface area (TPSA) is 72.3 Å². The first-order chi connectivity index (χ1) is 12.4. The molecule has 0 spiro atoms. The van der Waals surface area contributed by atoms with E-state index in [1.165, 1.54) is 10.8 Å². The van der Waals surface area contributed by atoms with Gasteiger partial charge in [-0.05, 0) is 30.9 Å². The van der Waals surface area contributed by atoms with Crippen molar-refractivity contribution in [1.82, 2.24) is 14.5 Å². The molecule has 1 aliphatic rings. The first kappa shape index (κ1) is 19.1. The minimum Gasteiger partial charge on any atom is -0.343 e.